The standard InChI is InChI=1S/C15H20FN3O5S/c1-2-24-15(21)17-14(20)11-18-7-9-19(10-8-18)25(22,23)13-5-3-12(16)4-6-13/h3-6H,2,7-11H2,1H3,(H,17,20,21)/p+1. The molecule has 138 valence electrons. The molecule has 1 saturated heterocycles. The number of halogens is 1. The maximum absolute atomic E-state index is 12.9. The van der Waals surface area contributed by atoms with E-state index in [0.717, 1.165) is 17.0 Å². The summed E-state index contributed by atoms with van der Waals surface area (Å²) in [5.74, 6) is -0.968. The van der Waals surface area contributed by atoms with Crippen molar-refractivity contribution >= 4 is 22.0 Å². The fraction of sp³-hybridized carbons (Fsp3) is 0.467. The predicted octanol–water partition coefficient (Wildman–Crippen LogP) is -1.01. The van der Waals surface area contributed by atoms with Crippen LogP contribution in [0, 0.1) is 5.82 Å². The maximum atomic E-state index is 12.9. The van der Waals surface area contributed by atoms with Crippen LogP contribution in [0.25, 0.3) is 0 Å². The van der Waals surface area contributed by atoms with Crippen LogP contribution in [0.5, 0.6) is 0 Å². The lowest BCUT2D eigenvalue weighted by atomic mass is 10.3. The van der Waals surface area contributed by atoms with E-state index in [1.807, 2.05) is 0 Å². The molecule has 2 N–H and O–H groups in total. The van der Waals surface area contributed by atoms with Gasteiger partial charge in [0.05, 0.1) is 37.7 Å². The van der Waals surface area contributed by atoms with Crippen molar-refractivity contribution in [2.75, 3.05) is 39.3 Å². The monoisotopic (exact) mass is 374 g/mol. The minimum absolute atomic E-state index is 0.0393. The summed E-state index contributed by atoms with van der Waals surface area (Å²) < 4.78 is 43.9. The first kappa shape index (κ1) is 19.3. The number of amides is 2. The van der Waals surface area contributed by atoms with E-state index in [1.165, 1.54) is 16.4 Å². The van der Waals surface area contributed by atoms with Crippen molar-refractivity contribution in [3.63, 3.8) is 0 Å². The van der Waals surface area contributed by atoms with E-state index in [1.54, 1.807) is 6.92 Å². The molecule has 2 amide bonds. The van der Waals surface area contributed by atoms with Gasteiger partial charge in [-0.2, -0.15) is 4.31 Å². The number of imide groups is 1. The highest BCUT2D eigenvalue weighted by molar-refractivity contribution is 7.89. The number of nitrogens with zero attached hydrogens (tertiary/aromatic N) is 1. The van der Waals surface area contributed by atoms with Gasteiger partial charge in [0, 0.05) is 0 Å². The lowest BCUT2D eigenvalue weighted by molar-refractivity contribution is -0.895. The summed E-state index contributed by atoms with van der Waals surface area (Å²) in [5.41, 5.74) is 0. The van der Waals surface area contributed by atoms with Gasteiger partial charge in [0.15, 0.2) is 6.54 Å². The average molecular weight is 374 g/mol. The second-order valence-corrected chi connectivity index (χ2v) is 7.49. The number of rotatable bonds is 5. The quantitative estimate of drug-likeness (QED) is 0.688. The molecule has 8 nitrogen and oxygen atoms in total. The molecule has 1 aliphatic heterocycles. The lowest BCUT2D eigenvalue weighted by Gasteiger charge is -2.31. The van der Waals surface area contributed by atoms with Crippen molar-refractivity contribution in [1.29, 1.82) is 0 Å². The minimum Gasteiger partial charge on any atom is -0.450 e. The summed E-state index contributed by atoms with van der Waals surface area (Å²) >= 11 is 0. The number of benzene rings is 1. The second kappa shape index (κ2) is 8.37. The molecule has 0 bridgehead atoms. The van der Waals surface area contributed by atoms with Gasteiger partial charge in [-0.25, -0.2) is 17.6 Å². The van der Waals surface area contributed by atoms with E-state index in [0.29, 0.717) is 13.1 Å². The molecule has 2 rings (SSSR count). The Hall–Kier alpha value is -2.04. The largest absolute Gasteiger partial charge is 0.450 e. The fourth-order valence-electron chi connectivity index (χ4n) is 2.53. The van der Waals surface area contributed by atoms with Crippen molar-refractivity contribution in [2.24, 2.45) is 0 Å². The first-order valence-electron chi connectivity index (χ1n) is 7.89. The van der Waals surface area contributed by atoms with Gasteiger partial charge in [-0.05, 0) is 31.2 Å². The number of sulfonamides is 1. The third-order valence-corrected chi connectivity index (χ3v) is 5.72. The fourth-order valence-corrected chi connectivity index (χ4v) is 3.97. The molecular weight excluding hydrogens is 353 g/mol. The Morgan fingerprint density at radius 1 is 1.24 bits per heavy atom. The molecule has 0 radical (unpaired) electrons. The second-order valence-electron chi connectivity index (χ2n) is 5.55. The third-order valence-electron chi connectivity index (χ3n) is 3.81. The SMILES string of the molecule is CCOC(=O)NC(=O)C[NH+]1CCN(S(=O)(=O)c2ccc(F)cc2)CC1. The molecule has 0 aliphatic carbocycles. The van der Waals surface area contributed by atoms with Gasteiger partial charge in [-0.3, -0.25) is 10.1 Å². The van der Waals surface area contributed by atoms with Crippen molar-refractivity contribution in [3.8, 4) is 0 Å². The summed E-state index contributed by atoms with van der Waals surface area (Å²) in [6.07, 6.45) is -0.788. The molecule has 1 aromatic rings. The molecule has 0 saturated carbocycles. The van der Waals surface area contributed by atoms with E-state index in [-0.39, 0.29) is 31.1 Å². The van der Waals surface area contributed by atoms with Crippen molar-refractivity contribution in [2.45, 2.75) is 11.8 Å². The Kier molecular flexibility index (Phi) is 6.45. The molecule has 0 atom stereocenters. The number of piperazine rings is 1. The molecule has 25 heavy (non-hydrogen) atoms. The number of hydrogen-bond acceptors (Lipinski definition) is 5. The zero-order valence-electron chi connectivity index (χ0n) is 13.8. The molecule has 0 spiro atoms. The van der Waals surface area contributed by atoms with Gasteiger partial charge in [0.2, 0.25) is 10.0 Å². The summed E-state index contributed by atoms with van der Waals surface area (Å²) in [6.45, 7) is 3.20. The van der Waals surface area contributed by atoms with Gasteiger partial charge < -0.3 is 9.64 Å². The smallest absolute Gasteiger partial charge is 0.414 e. The predicted molar refractivity (Wildman–Crippen MR) is 85.9 cm³/mol. The van der Waals surface area contributed by atoms with Gasteiger partial charge in [0.1, 0.15) is 5.82 Å². The van der Waals surface area contributed by atoms with Crippen LogP contribution < -0.4 is 10.2 Å². The van der Waals surface area contributed by atoms with Crippen LogP contribution in [0.15, 0.2) is 29.2 Å². The molecular formula is C15H21FN3O5S+. The van der Waals surface area contributed by atoms with E-state index >= 15 is 0 Å². The van der Waals surface area contributed by atoms with Crippen LogP contribution >= 0.6 is 0 Å². The number of quaternary nitrogens is 1. The number of ether oxygens (including phenoxy) is 1. The molecule has 0 unspecified atom stereocenters. The van der Waals surface area contributed by atoms with Crippen molar-refractivity contribution < 1.29 is 32.0 Å². The Labute approximate surface area is 145 Å². The van der Waals surface area contributed by atoms with Crippen LogP contribution in [0.3, 0.4) is 0 Å². The van der Waals surface area contributed by atoms with Gasteiger partial charge in [0.25, 0.3) is 5.91 Å². The lowest BCUT2D eigenvalue weighted by Crippen LogP contribution is -3.15. The third kappa shape index (κ3) is 5.21. The van der Waals surface area contributed by atoms with Crippen LogP contribution in [0.2, 0.25) is 0 Å². The number of carbonyl (C=O) groups excluding carboxylic acids is 2. The normalized spacial score (nSPS) is 16.4. The van der Waals surface area contributed by atoms with Crippen molar-refractivity contribution in [1.82, 2.24) is 9.62 Å². The molecule has 0 aromatic heterocycles. The number of carbonyl (C=O) groups is 2. The highest BCUT2D eigenvalue weighted by Crippen LogP contribution is 2.15. The zero-order chi connectivity index (χ0) is 18.4. The molecule has 1 aromatic carbocycles. The summed E-state index contributed by atoms with van der Waals surface area (Å²) in [4.78, 5) is 23.8. The van der Waals surface area contributed by atoms with Crippen LogP contribution in [-0.4, -0.2) is 64.1 Å². The highest BCUT2D eigenvalue weighted by Gasteiger charge is 2.31. The number of nitrogens with one attached hydrogen (secondary N) is 2. The van der Waals surface area contributed by atoms with Crippen LogP contribution in [0.4, 0.5) is 9.18 Å². The van der Waals surface area contributed by atoms with E-state index < -0.39 is 27.8 Å². The summed E-state index contributed by atoms with van der Waals surface area (Å²) in [7, 11) is -3.68. The first-order valence-corrected chi connectivity index (χ1v) is 9.33. The highest BCUT2D eigenvalue weighted by atomic mass is 32.2. The summed E-state index contributed by atoms with van der Waals surface area (Å²) in [6, 6.07) is 4.68. The summed E-state index contributed by atoms with van der Waals surface area (Å²) in [5, 5.41) is 2.11. The Balaban J connectivity index is 1.87. The Morgan fingerprint density at radius 3 is 2.40 bits per heavy atom. The zero-order valence-corrected chi connectivity index (χ0v) is 14.6. The average Bonchev–Trinajstić information content (AvgIpc) is 2.55. The Bertz CT molecular complexity index is 715. The van der Waals surface area contributed by atoms with Gasteiger partial charge in [-0.1, -0.05) is 0 Å². The van der Waals surface area contributed by atoms with Gasteiger partial charge >= 0.3 is 6.09 Å². The number of alkyl carbamates (subject to hydrolysis) is 1. The topological polar surface area (TPSA) is 97.2 Å². The molecule has 1 aliphatic rings. The molecule has 1 heterocycles. The molecule has 10 heteroatoms. The first-order chi connectivity index (χ1) is 11.8. The van der Waals surface area contributed by atoms with Gasteiger partial charge in [-0.15, -0.1) is 0 Å². The maximum Gasteiger partial charge on any atom is 0.414 e. The molecule has 1 fully saturated rings. The van der Waals surface area contributed by atoms with Crippen molar-refractivity contribution in [3.05, 3.63) is 30.1 Å². The Morgan fingerprint density at radius 2 is 1.84 bits per heavy atom. The van der Waals surface area contributed by atoms with Crippen LogP contribution in [0.1, 0.15) is 6.92 Å². The van der Waals surface area contributed by atoms with E-state index in [2.05, 4.69) is 10.1 Å². The van der Waals surface area contributed by atoms with E-state index in [9.17, 15) is 22.4 Å². The van der Waals surface area contributed by atoms with E-state index in [4.69, 9.17) is 0 Å². The van der Waals surface area contributed by atoms with Crippen LogP contribution in [-0.2, 0) is 19.6 Å². The number of hydrogen-bond donors (Lipinski definition) is 2. The minimum atomic E-state index is -3.68.